The Bertz CT molecular complexity index is 577. The molecule has 0 bridgehead atoms. The highest BCUT2D eigenvalue weighted by Gasteiger charge is 2.09. The van der Waals surface area contributed by atoms with Crippen LogP contribution in [0.5, 0.6) is 0 Å². The lowest BCUT2D eigenvalue weighted by Crippen LogP contribution is -2.17. The molecule has 0 radical (unpaired) electrons. The van der Waals surface area contributed by atoms with E-state index in [2.05, 4.69) is 15.3 Å². The molecule has 1 N–H and O–H groups in total. The average molecular weight is 266 g/mol. The largest absolute Gasteiger partial charge is 0.294 e. The molecule has 0 aliphatic heterocycles. The molecule has 18 heavy (non-hydrogen) atoms. The van der Waals surface area contributed by atoms with Gasteiger partial charge in [-0.15, -0.1) is 0 Å². The van der Waals surface area contributed by atoms with Crippen LogP contribution in [-0.2, 0) is 11.2 Å². The van der Waals surface area contributed by atoms with Crippen LogP contribution in [-0.4, -0.2) is 15.9 Å². The fraction of sp³-hybridized carbons (Fsp3) is 0.0833. The number of benzene rings is 1. The first kappa shape index (κ1) is 12.4. The molecule has 1 aromatic heterocycles. The highest BCUT2D eigenvalue weighted by molar-refractivity contribution is 6.29. The lowest BCUT2D eigenvalue weighted by atomic mass is 10.1. The van der Waals surface area contributed by atoms with E-state index in [4.69, 9.17) is 11.6 Å². The van der Waals surface area contributed by atoms with E-state index in [-0.39, 0.29) is 17.5 Å². The minimum atomic E-state index is -0.417. The van der Waals surface area contributed by atoms with Gasteiger partial charge in [-0.3, -0.25) is 10.1 Å². The molecule has 0 spiro atoms. The van der Waals surface area contributed by atoms with Crippen molar-refractivity contribution in [2.75, 3.05) is 5.32 Å². The predicted molar refractivity (Wildman–Crippen MR) is 65.8 cm³/mol. The van der Waals surface area contributed by atoms with Crippen molar-refractivity contribution in [1.82, 2.24) is 9.97 Å². The maximum atomic E-state index is 13.3. The number of amides is 1. The SMILES string of the molecule is O=C(Cc1ccccc1F)Nc1nccc(Cl)n1. The number of hydrogen-bond acceptors (Lipinski definition) is 3. The van der Waals surface area contributed by atoms with Crippen molar-refractivity contribution in [2.45, 2.75) is 6.42 Å². The van der Waals surface area contributed by atoms with E-state index in [1.807, 2.05) is 0 Å². The van der Waals surface area contributed by atoms with Crippen molar-refractivity contribution < 1.29 is 9.18 Å². The topological polar surface area (TPSA) is 54.9 Å². The van der Waals surface area contributed by atoms with Crippen molar-refractivity contribution in [1.29, 1.82) is 0 Å². The summed E-state index contributed by atoms with van der Waals surface area (Å²) in [6.07, 6.45) is 1.34. The van der Waals surface area contributed by atoms with Crippen molar-refractivity contribution in [3.63, 3.8) is 0 Å². The second-order valence-electron chi connectivity index (χ2n) is 3.52. The maximum absolute atomic E-state index is 13.3. The molecule has 92 valence electrons. The first-order chi connectivity index (χ1) is 8.65. The van der Waals surface area contributed by atoms with Gasteiger partial charge in [-0.1, -0.05) is 29.8 Å². The number of rotatable bonds is 3. The molecular formula is C12H9ClFN3O. The molecule has 0 unspecified atom stereocenters. The van der Waals surface area contributed by atoms with Gasteiger partial charge in [0.2, 0.25) is 11.9 Å². The Balaban J connectivity index is 2.03. The molecule has 6 heteroatoms. The van der Waals surface area contributed by atoms with Gasteiger partial charge in [-0.05, 0) is 17.7 Å². The molecule has 1 heterocycles. The first-order valence-corrected chi connectivity index (χ1v) is 5.55. The average Bonchev–Trinajstić information content (AvgIpc) is 2.32. The number of carbonyl (C=O) groups is 1. The van der Waals surface area contributed by atoms with E-state index in [9.17, 15) is 9.18 Å². The van der Waals surface area contributed by atoms with Crippen LogP contribution in [0.1, 0.15) is 5.56 Å². The first-order valence-electron chi connectivity index (χ1n) is 5.17. The molecule has 2 aromatic rings. The Kier molecular flexibility index (Phi) is 3.84. The number of hydrogen-bond donors (Lipinski definition) is 1. The molecule has 0 aliphatic carbocycles. The van der Waals surface area contributed by atoms with Gasteiger partial charge in [-0.25, -0.2) is 14.4 Å². The van der Waals surface area contributed by atoms with Crippen LogP contribution in [0.3, 0.4) is 0 Å². The second-order valence-corrected chi connectivity index (χ2v) is 3.91. The third-order valence-corrected chi connectivity index (χ3v) is 2.39. The number of nitrogens with zero attached hydrogens (tertiary/aromatic N) is 2. The van der Waals surface area contributed by atoms with Gasteiger partial charge in [0.1, 0.15) is 11.0 Å². The van der Waals surface area contributed by atoms with Crippen LogP contribution in [0.25, 0.3) is 0 Å². The summed E-state index contributed by atoms with van der Waals surface area (Å²) in [5.41, 5.74) is 0.317. The number of carbonyl (C=O) groups excluding carboxylic acids is 1. The zero-order chi connectivity index (χ0) is 13.0. The van der Waals surface area contributed by atoms with Crippen molar-refractivity contribution >= 4 is 23.5 Å². The van der Waals surface area contributed by atoms with E-state index in [0.717, 1.165) is 0 Å². The van der Waals surface area contributed by atoms with E-state index < -0.39 is 11.7 Å². The standard InChI is InChI=1S/C12H9ClFN3O/c13-10-5-6-15-12(16-10)17-11(18)7-8-3-1-2-4-9(8)14/h1-6H,7H2,(H,15,16,17,18). The quantitative estimate of drug-likeness (QED) is 0.868. The van der Waals surface area contributed by atoms with Gasteiger partial charge < -0.3 is 0 Å². The minimum absolute atomic E-state index is 0.0808. The van der Waals surface area contributed by atoms with Gasteiger partial charge in [0.15, 0.2) is 0 Å². The maximum Gasteiger partial charge on any atom is 0.231 e. The molecular weight excluding hydrogens is 257 g/mol. The Morgan fingerprint density at radius 3 is 2.83 bits per heavy atom. The fourth-order valence-electron chi connectivity index (χ4n) is 1.38. The molecule has 4 nitrogen and oxygen atoms in total. The summed E-state index contributed by atoms with van der Waals surface area (Å²) in [4.78, 5) is 19.3. The van der Waals surface area contributed by atoms with Gasteiger partial charge in [0.05, 0.1) is 6.42 Å². The third-order valence-electron chi connectivity index (χ3n) is 2.18. The van der Waals surface area contributed by atoms with Crippen molar-refractivity contribution in [2.24, 2.45) is 0 Å². The van der Waals surface area contributed by atoms with E-state index in [1.165, 1.54) is 18.3 Å². The number of aromatic nitrogens is 2. The molecule has 1 aromatic carbocycles. The van der Waals surface area contributed by atoms with Gasteiger partial charge in [0, 0.05) is 6.20 Å². The molecule has 0 fully saturated rings. The van der Waals surface area contributed by atoms with Crippen molar-refractivity contribution in [3.8, 4) is 0 Å². The molecule has 2 rings (SSSR count). The summed E-state index contributed by atoms with van der Waals surface area (Å²) in [5, 5.41) is 2.67. The van der Waals surface area contributed by atoms with Gasteiger partial charge in [0.25, 0.3) is 0 Å². The van der Waals surface area contributed by atoms with E-state index >= 15 is 0 Å². The van der Waals surface area contributed by atoms with Gasteiger partial charge in [-0.2, -0.15) is 0 Å². The highest BCUT2D eigenvalue weighted by Crippen LogP contribution is 2.09. The van der Waals surface area contributed by atoms with Crippen molar-refractivity contribution in [3.05, 3.63) is 53.1 Å². The van der Waals surface area contributed by atoms with Crippen LogP contribution in [0.15, 0.2) is 36.5 Å². The zero-order valence-corrected chi connectivity index (χ0v) is 9.99. The molecule has 0 saturated carbocycles. The summed E-state index contributed by atoms with van der Waals surface area (Å²) in [7, 11) is 0. The predicted octanol–water partition coefficient (Wildman–Crippen LogP) is 2.45. The minimum Gasteiger partial charge on any atom is -0.294 e. The number of halogens is 2. The summed E-state index contributed by atoms with van der Waals surface area (Å²) >= 11 is 5.65. The van der Waals surface area contributed by atoms with Crippen LogP contribution in [0, 0.1) is 5.82 Å². The Morgan fingerprint density at radius 1 is 1.33 bits per heavy atom. The van der Waals surface area contributed by atoms with Crippen LogP contribution >= 0.6 is 11.6 Å². The molecule has 0 atom stereocenters. The summed E-state index contributed by atoms with van der Waals surface area (Å²) < 4.78 is 13.3. The third kappa shape index (κ3) is 3.24. The molecule has 0 saturated heterocycles. The second kappa shape index (κ2) is 5.55. The van der Waals surface area contributed by atoms with Crippen LogP contribution in [0.4, 0.5) is 10.3 Å². The number of nitrogens with one attached hydrogen (secondary N) is 1. The zero-order valence-electron chi connectivity index (χ0n) is 9.23. The summed E-state index contributed by atoms with van der Waals surface area (Å²) in [6.45, 7) is 0. The van der Waals surface area contributed by atoms with Crippen LogP contribution in [0.2, 0.25) is 5.15 Å². The summed E-state index contributed by atoms with van der Waals surface area (Å²) in [5.74, 6) is -0.717. The highest BCUT2D eigenvalue weighted by atomic mass is 35.5. The lowest BCUT2D eigenvalue weighted by Gasteiger charge is -2.04. The van der Waals surface area contributed by atoms with Gasteiger partial charge >= 0.3 is 0 Å². The molecule has 1 amide bonds. The Hall–Kier alpha value is -2.01. The van der Waals surface area contributed by atoms with Crippen LogP contribution < -0.4 is 5.32 Å². The number of anilines is 1. The Labute approximate surface area is 108 Å². The molecule has 0 aliphatic rings. The summed E-state index contributed by atoms with van der Waals surface area (Å²) in [6, 6.07) is 7.58. The van der Waals surface area contributed by atoms with E-state index in [0.29, 0.717) is 5.56 Å². The Morgan fingerprint density at radius 2 is 2.11 bits per heavy atom. The van der Waals surface area contributed by atoms with E-state index in [1.54, 1.807) is 18.2 Å². The fourth-order valence-corrected chi connectivity index (χ4v) is 1.52. The smallest absolute Gasteiger partial charge is 0.231 e. The monoisotopic (exact) mass is 265 g/mol. The normalized spacial score (nSPS) is 10.1. The lowest BCUT2D eigenvalue weighted by molar-refractivity contribution is -0.115.